The van der Waals surface area contributed by atoms with E-state index in [0.717, 1.165) is 0 Å². The molecule has 1 atom stereocenters. The number of hydrogen-bond donors (Lipinski definition) is 1. The van der Waals surface area contributed by atoms with Crippen molar-refractivity contribution in [1.29, 1.82) is 0 Å². The minimum absolute atomic E-state index is 0.0253. The first kappa shape index (κ1) is 16.5. The molecule has 7 heteroatoms. The number of amides is 2. The van der Waals surface area contributed by atoms with Crippen LogP contribution in [0.5, 0.6) is 0 Å². The molecule has 1 unspecified atom stereocenters. The van der Waals surface area contributed by atoms with Crippen molar-refractivity contribution in [2.75, 3.05) is 23.4 Å². The van der Waals surface area contributed by atoms with Crippen molar-refractivity contribution in [2.45, 2.75) is 26.3 Å². The number of nitrogens with one attached hydrogen (secondary N) is 1. The normalized spacial score (nSPS) is 19.6. The highest BCUT2D eigenvalue weighted by Gasteiger charge is 2.33. The molecule has 0 aromatic heterocycles. The van der Waals surface area contributed by atoms with E-state index in [4.69, 9.17) is 0 Å². The molecule has 0 radical (unpaired) electrons. The minimum Gasteiger partial charge on any atom is -0.321 e. The van der Waals surface area contributed by atoms with E-state index in [1.165, 1.54) is 6.92 Å². The number of anilines is 1. The van der Waals surface area contributed by atoms with Gasteiger partial charge in [0.25, 0.3) is 0 Å². The Labute approximate surface area is 130 Å². The maximum absolute atomic E-state index is 12.3. The molecule has 0 spiro atoms. The zero-order valence-corrected chi connectivity index (χ0v) is 13.5. The lowest BCUT2D eigenvalue weighted by atomic mass is 10.1. The highest BCUT2D eigenvalue weighted by atomic mass is 32.2. The summed E-state index contributed by atoms with van der Waals surface area (Å²) in [6.07, 6.45) is 0.479. The standard InChI is InChI=1S/C15H20N2O4S/c1-3-17(14-8-9-22(20,21)10-14)15(19)16-13-6-4-12(5-7-13)11(2)18/h4-7,14H,3,8-10H2,1-2H3,(H,16,19). The third kappa shape index (κ3) is 3.85. The van der Waals surface area contributed by atoms with E-state index >= 15 is 0 Å². The first-order valence-corrected chi connectivity index (χ1v) is 9.03. The fourth-order valence-corrected chi connectivity index (χ4v) is 4.30. The molecule has 2 amide bonds. The molecule has 1 aromatic rings. The van der Waals surface area contributed by atoms with Crippen LogP contribution < -0.4 is 5.32 Å². The van der Waals surface area contributed by atoms with E-state index in [1.807, 2.05) is 6.92 Å². The monoisotopic (exact) mass is 324 g/mol. The molecule has 6 nitrogen and oxygen atoms in total. The second-order valence-corrected chi connectivity index (χ2v) is 7.64. The summed E-state index contributed by atoms with van der Waals surface area (Å²) < 4.78 is 23.1. The molecular weight excluding hydrogens is 304 g/mol. The fourth-order valence-electron chi connectivity index (χ4n) is 2.57. The number of urea groups is 1. The van der Waals surface area contributed by atoms with Crippen molar-refractivity contribution >= 4 is 27.3 Å². The number of sulfone groups is 1. The number of rotatable bonds is 4. The van der Waals surface area contributed by atoms with E-state index in [0.29, 0.717) is 24.2 Å². The molecule has 1 fully saturated rings. The number of ketones is 1. The van der Waals surface area contributed by atoms with E-state index in [1.54, 1.807) is 29.2 Å². The van der Waals surface area contributed by atoms with Crippen molar-refractivity contribution in [3.05, 3.63) is 29.8 Å². The van der Waals surface area contributed by atoms with Crippen LogP contribution in [0.25, 0.3) is 0 Å². The van der Waals surface area contributed by atoms with Crippen molar-refractivity contribution in [3.63, 3.8) is 0 Å². The third-order valence-electron chi connectivity index (χ3n) is 3.79. The zero-order chi connectivity index (χ0) is 16.3. The first-order valence-electron chi connectivity index (χ1n) is 7.21. The number of benzene rings is 1. The molecule has 22 heavy (non-hydrogen) atoms. The molecule has 1 N–H and O–H groups in total. The van der Waals surface area contributed by atoms with Crippen molar-refractivity contribution < 1.29 is 18.0 Å². The minimum atomic E-state index is -3.03. The highest BCUT2D eigenvalue weighted by Crippen LogP contribution is 2.19. The largest absolute Gasteiger partial charge is 0.322 e. The van der Waals surface area contributed by atoms with Crippen LogP contribution in [0.2, 0.25) is 0 Å². The first-order chi connectivity index (χ1) is 10.3. The van der Waals surface area contributed by atoms with Gasteiger partial charge in [0, 0.05) is 23.8 Å². The molecule has 0 bridgehead atoms. The Bertz CT molecular complexity index is 667. The van der Waals surface area contributed by atoms with Gasteiger partial charge in [0.05, 0.1) is 11.5 Å². The molecule has 1 aliphatic heterocycles. The van der Waals surface area contributed by atoms with Gasteiger partial charge in [-0.25, -0.2) is 13.2 Å². The van der Waals surface area contributed by atoms with E-state index < -0.39 is 9.84 Å². The van der Waals surface area contributed by atoms with Crippen LogP contribution in [0, 0.1) is 0 Å². The topological polar surface area (TPSA) is 83.6 Å². The molecule has 0 saturated carbocycles. The summed E-state index contributed by atoms with van der Waals surface area (Å²) in [5.41, 5.74) is 1.15. The smallest absolute Gasteiger partial charge is 0.321 e. The predicted octanol–water partition coefficient (Wildman–Crippen LogP) is 1.93. The third-order valence-corrected chi connectivity index (χ3v) is 5.54. The number of Topliss-reactive ketones (excluding diaryl/α,β-unsaturated/α-hetero) is 1. The second-order valence-electron chi connectivity index (χ2n) is 5.41. The quantitative estimate of drug-likeness (QED) is 0.858. The molecule has 2 rings (SSSR count). The molecule has 1 aliphatic rings. The summed E-state index contributed by atoms with van der Waals surface area (Å²) in [5, 5.41) is 2.74. The number of hydrogen-bond acceptors (Lipinski definition) is 4. The molecule has 0 aliphatic carbocycles. The summed E-state index contributed by atoms with van der Waals surface area (Å²) in [5.74, 6) is 0.121. The molecule has 1 saturated heterocycles. The lowest BCUT2D eigenvalue weighted by Crippen LogP contribution is -2.43. The summed E-state index contributed by atoms with van der Waals surface area (Å²) in [4.78, 5) is 25.1. The maximum Gasteiger partial charge on any atom is 0.322 e. The average Bonchev–Trinajstić information content (AvgIpc) is 2.80. The lowest BCUT2D eigenvalue weighted by Gasteiger charge is -2.27. The second kappa shape index (κ2) is 6.48. The maximum atomic E-state index is 12.3. The highest BCUT2D eigenvalue weighted by molar-refractivity contribution is 7.91. The fraction of sp³-hybridized carbons (Fsp3) is 0.467. The Morgan fingerprint density at radius 2 is 1.91 bits per heavy atom. The van der Waals surface area contributed by atoms with Gasteiger partial charge in [-0.2, -0.15) is 0 Å². The Kier molecular flexibility index (Phi) is 4.85. The molecule has 1 aromatic carbocycles. The van der Waals surface area contributed by atoms with E-state index in [-0.39, 0.29) is 29.4 Å². The Balaban J connectivity index is 2.05. The summed E-state index contributed by atoms with van der Waals surface area (Å²) in [6, 6.07) is 6.02. The van der Waals surface area contributed by atoms with Crippen LogP contribution in [0.3, 0.4) is 0 Å². The van der Waals surface area contributed by atoms with Crippen LogP contribution in [0.15, 0.2) is 24.3 Å². The molecule has 120 valence electrons. The molecule has 1 heterocycles. The lowest BCUT2D eigenvalue weighted by molar-refractivity contribution is 0.101. The SMILES string of the molecule is CCN(C(=O)Nc1ccc(C(C)=O)cc1)C1CCS(=O)(=O)C1. The Morgan fingerprint density at radius 1 is 1.27 bits per heavy atom. The van der Waals surface area contributed by atoms with Crippen molar-refractivity contribution in [3.8, 4) is 0 Å². The van der Waals surface area contributed by atoms with Gasteiger partial charge in [0.1, 0.15) is 0 Å². The van der Waals surface area contributed by atoms with Gasteiger partial charge in [-0.05, 0) is 44.5 Å². The van der Waals surface area contributed by atoms with Gasteiger partial charge in [-0.3, -0.25) is 4.79 Å². The zero-order valence-electron chi connectivity index (χ0n) is 12.7. The average molecular weight is 324 g/mol. The van der Waals surface area contributed by atoms with Crippen LogP contribution in [0.1, 0.15) is 30.6 Å². The van der Waals surface area contributed by atoms with Crippen molar-refractivity contribution in [2.24, 2.45) is 0 Å². The summed E-state index contributed by atoms with van der Waals surface area (Å²) in [6.45, 7) is 3.74. The van der Waals surface area contributed by atoms with Crippen LogP contribution in [-0.2, 0) is 9.84 Å². The Hall–Kier alpha value is -1.89. The van der Waals surface area contributed by atoms with Crippen molar-refractivity contribution in [1.82, 2.24) is 4.90 Å². The van der Waals surface area contributed by atoms with Gasteiger partial charge in [0.2, 0.25) is 0 Å². The van der Waals surface area contributed by atoms with E-state index in [9.17, 15) is 18.0 Å². The van der Waals surface area contributed by atoms with E-state index in [2.05, 4.69) is 5.32 Å². The van der Waals surface area contributed by atoms with Crippen LogP contribution in [0.4, 0.5) is 10.5 Å². The molecular formula is C15H20N2O4S. The van der Waals surface area contributed by atoms with Crippen LogP contribution in [-0.4, -0.2) is 49.2 Å². The number of carbonyl (C=O) groups is 2. The van der Waals surface area contributed by atoms with Gasteiger partial charge >= 0.3 is 6.03 Å². The summed E-state index contributed by atoms with van der Waals surface area (Å²) in [7, 11) is -3.03. The predicted molar refractivity (Wildman–Crippen MR) is 84.9 cm³/mol. The number of nitrogens with zero attached hydrogens (tertiary/aromatic N) is 1. The number of carbonyl (C=O) groups excluding carboxylic acids is 2. The Morgan fingerprint density at radius 3 is 2.36 bits per heavy atom. The summed E-state index contributed by atoms with van der Waals surface area (Å²) >= 11 is 0. The van der Waals surface area contributed by atoms with Gasteiger partial charge in [-0.1, -0.05) is 0 Å². The van der Waals surface area contributed by atoms with Gasteiger partial charge < -0.3 is 10.2 Å². The van der Waals surface area contributed by atoms with Gasteiger partial charge in [-0.15, -0.1) is 0 Å². The van der Waals surface area contributed by atoms with Gasteiger partial charge in [0.15, 0.2) is 15.6 Å². The van der Waals surface area contributed by atoms with Crippen LogP contribution >= 0.6 is 0 Å².